The Bertz CT molecular complexity index is 137. The van der Waals surface area contributed by atoms with Crippen molar-refractivity contribution in [3.05, 3.63) is 11.4 Å². The van der Waals surface area contributed by atoms with Crippen LogP contribution < -0.4 is 0 Å². The fraction of sp³-hybridized carbons (Fsp3) is 0.500. The average Bonchev–Trinajstić information content (AvgIpc) is 1.89. The van der Waals surface area contributed by atoms with Gasteiger partial charge in [0.05, 0.1) is 0 Å². The van der Waals surface area contributed by atoms with Crippen LogP contribution in [0, 0.1) is 0 Å². The van der Waals surface area contributed by atoms with Crippen molar-refractivity contribution in [2.24, 2.45) is 0 Å². The molecule has 0 bridgehead atoms. The SMILES string of the molecule is COP(=O)(/C=C/Cl)OC. The third-order valence-corrected chi connectivity index (χ3v) is 2.58. The Morgan fingerprint density at radius 3 is 2.00 bits per heavy atom. The summed E-state index contributed by atoms with van der Waals surface area (Å²) in [5.41, 5.74) is 1.10. The lowest BCUT2D eigenvalue weighted by molar-refractivity contribution is 0.286. The van der Waals surface area contributed by atoms with E-state index >= 15 is 0 Å². The van der Waals surface area contributed by atoms with Crippen LogP contribution in [0.4, 0.5) is 0 Å². The van der Waals surface area contributed by atoms with E-state index < -0.39 is 7.60 Å². The van der Waals surface area contributed by atoms with Gasteiger partial charge in [0.15, 0.2) is 0 Å². The van der Waals surface area contributed by atoms with Gasteiger partial charge in [-0.05, 0) is 0 Å². The zero-order valence-corrected chi connectivity index (χ0v) is 6.85. The molecule has 3 nitrogen and oxygen atoms in total. The maximum atomic E-state index is 10.9. The average molecular weight is 171 g/mol. The van der Waals surface area contributed by atoms with E-state index in [0.29, 0.717) is 0 Å². The normalized spacial score (nSPS) is 12.8. The van der Waals surface area contributed by atoms with Crippen LogP contribution >= 0.6 is 19.2 Å². The highest BCUT2D eigenvalue weighted by atomic mass is 35.5. The molecule has 0 aromatic rings. The predicted octanol–water partition coefficient (Wildman–Crippen LogP) is 2.18. The van der Waals surface area contributed by atoms with E-state index in [1.54, 1.807) is 0 Å². The van der Waals surface area contributed by atoms with Crippen LogP contribution in [0.5, 0.6) is 0 Å². The summed E-state index contributed by atoms with van der Waals surface area (Å²) >= 11 is 5.13. The van der Waals surface area contributed by atoms with Gasteiger partial charge in [-0.1, -0.05) is 11.6 Å². The minimum Gasteiger partial charge on any atom is -0.309 e. The van der Waals surface area contributed by atoms with Gasteiger partial charge in [-0.2, -0.15) is 0 Å². The molecule has 0 amide bonds. The molecule has 0 saturated carbocycles. The second kappa shape index (κ2) is 4.07. The van der Waals surface area contributed by atoms with E-state index in [4.69, 9.17) is 11.6 Å². The lowest BCUT2D eigenvalue weighted by Crippen LogP contribution is -1.81. The van der Waals surface area contributed by atoms with Gasteiger partial charge in [-0.25, -0.2) is 0 Å². The summed E-state index contributed by atoms with van der Waals surface area (Å²) in [6, 6.07) is 0. The molecule has 0 aromatic carbocycles. The third kappa shape index (κ3) is 3.01. The van der Waals surface area contributed by atoms with Crippen molar-refractivity contribution in [1.82, 2.24) is 0 Å². The quantitative estimate of drug-likeness (QED) is 0.609. The molecule has 0 radical (unpaired) electrons. The van der Waals surface area contributed by atoms with E-state index in [0.717, 1.165) is 5.54 Å². The summed E-state index contributed by atoms with van der Waals surface area (Å²) < 4.78 is 19.9. The van der Waals surface area contributed by atoms with Gasteiger partial charge in [0.1, 0.15) is 0 Å². The smallest absolute Gasteiger partial charge is 0.309 e. The van der Waals surface area contributed by atoms with Crippen LogP contribution in [0.25, 0.3) is 0 Å². The highest BCUT2D eigenvalue weighted by Crippen LogP contribution is 2.47. The molecule has 0 rings (SSSR count). The fourth-order valence-electron chi connectivity index (χ4n) is 0.265. The molecule has 0 aliphatic carbocycles. The van der Waals surface area contributed by atoms with Gasteiger partial charge in [0, 0.05) is 25.6 Å². The molecule has 54 valence electrons. The van der Waals surface area contributed by atoms with Gasteiger partial charge >= 0.3 is 7.60 Å². The number of hydrogen-bond donors (Lipinski definition) is 0. The molecule has 0 aliphatic rings. The van der Waals surface area contributed by atoms with E-state index in [-0.39, 0.29) is 0 Å². The molecule has 0 N–H and O–H groups in total. The van der Waals surface area contributed by atoms with E-state index in [1.165, 1.54) is 20.0 Å². The van der Waals surface area contributed by atoms with E-state index in [1.807, 2.05) is 0 Å². The van der Waals surface area contributed by atoms with Crippen LogP contribution in [0.15, 0.2) is 11.4 Å². The number of rotatable bonds is 3. The monoisotopic (exact) mass is 170 g/mol. The van der Waals surface area contributed by atoms with Crippen LogP contribution in [0.1, 0.15) is 0 Å². The van der Waals surface area contributed by atoms with Crippen molar-refractivity contribution in [3.8, 4) is 0 Å². The molecule has 0 heterocycles. The van der Waals surface area contributed by atoms with Gasteiger partial charge < -0.3 is 9.05 Å². The van der Waals surface area contributed by atoms with Gasteiger partial charge in [0.2, 0.25) is 0 Å². The Morgan fingerprint density at radius 1 is 1.44 bits per heavy atom. The van der Waals surface area contributed by atoms with E-state index in [9.17, 15) is 4.57 Å². The number of hydrogen-bond acceptors (Lipinski definition) is 3. The van der Waals surface area contributed by atoms with Crippen molar-refractivity contribution in [3.63, 3.8) is 0 Å². The molecule has 0 saturated heterocycles. The lowest BCUT2D eigenvalue weighted by Gasteiger charge is -2.06. The summed E-state index contributed by atoms with van der Waals surface area (Å²) in [7, 11) is -0.408. The first-order valence-electron chi connectivity index (χ1n) is 2.17. The molecule has 0 aromatic heterocycles. The minimum atomic E-state index is -2.99. The van der Waals surface area contributed by atoms with Crippen molar-refractivity contribution in [2.75, 3.05) is 14.2 Å². The standard InChI is InChI=1S/C4H8ClO3P/c1-7-9(6,8-2)4-3-5/h3-4H,1-2H3/b4-3+. The summed E-state index contributed by atoms with van der Waals surface area (Å²) in [6.45, 7) is 0. The zero-order valence-electron chi connectivity index (χ0n) is 5.20. The highest BCUT2D eigenvalue weighted by Gasteiger charge is 2.14. The minimum absolute atomic E-state index is 1.10. The van der Waals surface area contributed by atoms with Crippen LogP contribution in [0.3, 0.4) is 0 Å². The number of halogens is 1. The molecule has 0 atom stereocenters. The predicted molar refractivity (Wildman–Crippen MR) is 36.6 cm³/mol. The lowest BCUT2D eigenvalue weighted by atomic mass is 11.3. The summed E-state index contributed by atoms with van der Waals surface area (Å²) in [6.07, 6.45) is 0. The molecule has 0 unspecified atom stereocenters. The molecule has 0 aliphatic heterocycles. The van der Waals surface area contributed by atoms with Crippen molar-refractivity contribution in [2.45, 2.75) is 0 Å². The Hall–Kier alpha value is 0.180. The summed E-state index contributed by atoms with van der Waals surface area (Å²) in [5, 5.41) is 0. The molecular weight excluding hydrogens is 162 g/mol. The largest absolute Gasteiger partial charge is 0.354 e. The maximum absolute atomic E-state index is 10.9. The van der Waals surface area contributed by atoms with Crippen LogP contribution in [-0.4, -0.2) is 14.2 Å². The molecular formula is C4H8ClO3P. The second-order valence-electron chi connectivity index (χ2n) is 1.18. The first-order chi connectivity index (χ1) is 4.18. The fourth-order valence-corrected chi connectivity index (χ4v) is 1.21. The molecule has 5 heteroatoms. The van der Waals surface area contributed by atoms with Gasteiger partial charge in [-0.15, -0.1) is 0 Å². The van der Waals surface area contributed by atoms with Gasteiger partial charge in [-0.3, -0.25) is 4.57 Å². The highest BCUT2D eigenvalue weighted by molar-refractivity contribution is 7.57. The van der Waals surface area contributed by atoms with Crippen LogP contribution in [-0.2, 0) is 13.6 Å². The van der Waals surface area contributed by atoms with E-state index in [2.05, 4.69) is 9.05 Å². The Balaban J connectivity index is 4.11. The first-order valence-corrected chi connectivity index (χ1v) is 4.22. The Kier molecular flexibility index (Phi) is 4.15. The van der Waals surface area contributed by atoms with Gasteiger partial charge in [0.25, 0.3) is 0 Å². The summed E-state index contributed by atoms with van der Waals surface area (Å²) in [5.74, 6) is 1.18. The maximum Gasteiger partial charge on any atom is 0.354 e. The Morgan fingerprint density at radius 2 is 1.89 bits per heavy atom. The Labute approximate surface area is 59.1 Å². The summed E-state index contributed by atoms with van der Waals surface area (Å²) in [4.78, 5) is 0. The molecule has 0 fully saturated rings. The first kappa shape index (κ1) is 9.18. The van der Waals surface area contributed by atoms with Crippen molar-refractivity contribution < 1.29 is 13.6 Å². The third-order valence-electron chi connectivity index (χ3n) is 0.748. The molecule has 9 heavy (non-hydrogen) atoms. The zero-order chi connectivity index (χ0) is 7.33. The second-order valence-corrected chi connectivity index (χ2v) is 3.54. The van der Waals surface area contributed by atoms with Crippen molar-refractivity contribution in [1.29, 1.82) is 0 Å². The van der Waals surface area contributed by atoms with Crippen LogP contribution in [0.2, 0.25) is 0 Å². The topological polar surface area (TPSA) is 35.5 Å². The van der Waals surface area contributed by atoms with Crippen molar-refractivity contribution >= 4 is 19.2 Å². The molecule has 0 spiro atoms.